The van der Waals surface area contributed by atoms with Crippen molar-refractivity contribution in [1.29, 1.82) is 0 Å². The molecule has 2 unspecified atom stereocenters. The first-order chi connectivity index (χ1) is 15.5. The van der Waals surface area contributed by atoms with Crippen LogP contribution in [0.1, 0.15) is 31.2 Å². The number of aliphatic hydroxyl groups is 1. The topological polar surface area (TPSA) is 74.7 Å². The van der Waals surface area contributed by atoms with Crippen molar-refractivity contribution in [1.82, 2.24) is 4.98 Å². The number of nitrogens with one attached hydrogen (secondary N) is 1. The van der Waals surface area contributed by atoms with Crippen molar-refractivity contribution in [2.24, 2.45) is 4.99 Å². The molecule has 5 nitrogen and oxygen atoms in total. The molecule has 0 bridgehead atoms. The van der Waals surface area contributed by atoms with Crippen molar-refractivity contribution in [3.63, 3.8) is 0 Å². The minimum absolute atomic E-state index is 0.0282. The van der Waals surface area contributed by atoms with Gasteiger partial charge in [-0.25, -0.2) is 4.39 Å². The standard InChI is InChI=1S/C23H21BrF4N2O3/c1-3-13(15-5-4-14(24)10-19(15)33-2)11-22(32,23(26,27)28)12-29-18-8-7-17(25)21-16(18)6-9-20(31)30-21/h4-10,12-13,32H,3,11H2,1-2H3,(H,30,31)/b29-12+. The lowest BCUT2D eigenvalue weighted by Gasteiger charge is -2.31. The fourth-order valence-electron chi connectivity index (χ4n) is 3.60. The molecule has 2 atom stereocenters. The van der Waals surface area contributed by atoms with Crippen LogP contribution in [0.2, 0.25) is 0 Å². The molecule has 0 fully saturated rings. The highest BCUT2D eigenvalue weighted by molar-refractivity contribution is 9.10. The van der Waals surface area contributed by atoms with Gasteiger partial charge in [-0.3, -0.25) is 9.79 Å². The molecular formula is C23H21BrF4N2O3. The first kappa shape index (κ1) is 24.9. The molecule has 33 heavy (non-hydrogen) atoms. The molecule has 1 aromatic heterocycles. The number of aromatic nitrogens is 1. The number of hydrogen-bond donors (Lipinski definition) is 2. The van der Waals surface area contributed by atoms with Crippen molar-refractivity contribution in [2.75, 3.05) is 7.11 Å². The zero-order valence-electron chi connectivity index (χ0n) is 17.7. The molecule has 0 aliphatic rings. The molecule has 0 spiro atoms. The number of aromatic amines is 1. The first-order valence-corrected chi connectivity index (χ1v) is 10.8. The number of benzene rings is 2. The van der Waals surface area contributed by atoms with E-state index >= 15 is 0 Å². The monoisotopic (exact) mass is 528 g/mol. The van der Waals surface area contributed by atoms with Crippen molar-refractivity contribution >= 4 is 38.7 Å². The van der Waals surface area contributed by atoms with Gasteiger partial charge in [0, 0.05) is 22.1 Å². The number of hydrogen-bond acceptors (Lipinski definition) is 4. The number of pyridine rings is 1. The van der Waals surface area contributed by atoms with Crippen LogP contribution in [0.5, 0.6) is 5.75 Å². The third-order valence-corrected chi connectivity index (χ3v) is 5.91. The molecule has 2 aromatic carbocycles. The van der Waals surface area contributed by atoms with E-state index in [1.807, 2.05) is 0 Å². The summed E-state index contributed by atoms with van der Waals surface area (Å²) in [6, 6.07) is 9.52. The van der Waals surface area contributed by atoms with Crippen LogP contribution in [0, 0.1) is 5.82 Å². The minimum Gasteiger partial charge on any atom is -0.496 e. The Balaban J connectivity index is 2.04. The number of rotatable bonds is 7. The normalized spacial score (nSPS) is 15.0. The van der Waals surface area contributed by atoms with E-state index in [2.05, 4.69) is 25.9 Å². The Morgan fingerprint density at radius 3 is 2.58 bits per heavy atom. The van der Waals surface area contributed by atoms with Gasteiger partial charge in [0.05, 0.1) is 18.3 Å². The van der Waals surface area contributed by atoms with Crippen LogP contribution >= 0.6 is 15.9 Å². The summed E-state index contributed by atoms with van der Waals surface area (Å²) >= 11 is 3.30. The third-order valence-electron chi connectivity index (χ3n) is 5.42. The number of halogens is 5. The van der Waals surface area contributed by atoms with Gasteiger partial charge >= 0.3 is 6.18 Å². The maximum absolute atomic E-state index is 14.0. The molecule has 0 aliphatic carbocycles. The van der Waals surface area contributed by atoms with Crippen molar-refractivity contribution < 1.29 is 27.4 Å². The Kier molecular flexibility index (Phi) is 7.28. The van der Waals surface area contributed by atoms with Crippen molar-refractivity contribution in [3.05, 3.63) is 68.7 Å². The summed E-state index contributed by atoms with van der Waals surface area (Å²) in [5.41, 5.74) is -3.53. The van der Waals surface area contributed by atoms with Gasteiger partial charge in [0.25, 0.3) is 0 Å². The highest BCUT2D eigenvalue weighted by Crippen LogP contribution is 2.42. The molecule has 176 valence electrons. The van der Waals surface area contributed by atoms with Crippen molar-refractivity contribution in [3.8, 4) is 5.75 Å². The molecule has 1 heterocycles. The molecule has 0 radical (unpaired) electrons. The average Bonchev–Trinajstić information content (AvgIpc) is 2.76. The SMILES string of the molecule is CCC(CC(O)(/C=N/c1ccc(F)c2[nH]c(=O)ccc12)C(F)(F)F)c1ccc(Br)cc1OC. The second-order valence-electron chi connectivity index (χ2n) is 7.55. The number of fused-ring (bicyclic) bond motifs is 1. The predicted molar refractivity (Wildman–Crippen MR) is 122 cm³/mol. The average molecular weight is 529 g/mol. The smallest absolute Gasteiger partial charge is 0.422 e. The van der Waals surface area contributed by atoms with Crippen LogP contribution in [-0.2, 0) is 0 Å². The van der Waals surface area contributed by atoms with Gasteiger partial charge in [0.1, 0.15) is 11.6 Å². The van der Waals surface area contributed by atoms with Gasteiger partial charge < -0.3 is 14.8 Å². The van der Waals surface area contributed by atoms with Gasteiger partial charge in [-0.1, -0.05) is 28.9 Å². The molecule has 0 aliphatic heterocycles. The predicted octanol–water partition coefficient (Wildman–Crippen LogP) is 6.02. The number of methoxy groups -OCH3 is 1. The van der Waals surface area contributed by atoms with Crippen LogP contribution in [0.4, 0.5) is 23.2 Å². The van der Waals surface area contributed by atoms with Crippen LogP contribution in [-0.4, -0.2) is 35.2 Å². The lowest BCUT2D eigenvalue weighted by atomic mass is 9.84. The molecule has 10 heteroatoms. The number of H-pyrrole nitrogens is 1. The second kappa shape index (κ2) is 9.64. The Bertz CT molecular complexity index is 1240. The van der Waals surface area contributed by atoms with E-state index in [9.17, 15) is 27.5 Å². The summed E-state index contributed by atoms with van der Waals surface area (Å²) in [4.78, 5) is 17.7. The van der Waals surface area contributed by atoms with Crippen LogP contribution in [0.15, 0.2) is 56.7 Å². The highest BCUT2D eigenvalue weighted by Gasteiger charge is 2.53. The number of nitrogens with zero attached hydrogens (tertiary/aromatic N) is 1. The van der Waals surface area contributed by atoms with E-state index in [0.717, 1.165) is 12.1 Å². The number of ether oxygens (including phenoxy) is 1. The zero-order chi connectivity index (χ0) is 24.4. The van der Waals surface area contributed by atoms with E-state index in [1.54, 1.807) is 25.1 Å². The summed E-state index contributed by atoms with van der Waals surface area (Å²) in [7, 11) is 1.42. The number of alkyl halides is 3. The second-order valence-corrected chi connectivity index (χ2v) is 8.47. The highest BCUT2D eigenvalue weighted by atomic mass is 79.9. The van der Waals surface area contributed by atoms with E-state index in [0.29, 0.717) is 28.4 Å². The summed E-state index contributed by atoms with van der Waals surface area (Å²) in [6.07, 6.45) is -5.01. The Morgan fingerprint density at radius 1 is 1.21 bits per heavy atom. The zero-order valence-corrected chi connectivity index (χ0v) is 19.3. The molecule has 0 saturated heterocycles. The number of aliphatic imine (C=N–C) groups is 1. The lowest BCUT2D eigenvalue weighted by molar-refractivity contribution is -0.232. The Morgan fingerprint density at radius 2 is 1.94 bits per heavy atom. The van der Waals surface area contributed by atoms with Gasteiger partial charge in [-0.15, -0.1) is 0 Å². The Hall–Kier alpha value is -2.72. The largest absolute Gasteiger partial charge is 0.496 e. The maximum Gasteiger partial charge on any atom is 0.422 e. The van der Waals surface area contributed by atoms with Gasteiger partial charge in [-0.2, -0.15) is 13.2 Å². The fraction of sp³-hybridized carbons (Fsp3) is 0.304. The Labute approximate surface area is 195 Å². The van der Waals surface area contributed by atoms with Gasteiger partial charge in [0.15, 0.2) is 5.60 Å². The molecule has 0 amide bonds. The van der Waals surface area contributed by atoms with E-state index in [-0.39, 0.29) is 16.6 Å². The maximum atomic E-state index is 14.0. The molecule has 3 aromatic rings. The molecule has 0 saturated carbocycles. The summed E-state index contributed by atoms with van der Waals surface area (Å²) in [6.45, 7) is 1.71. The van der Waals surface area contributed by atoms with Crippen LogP contribution in [0.3, 0.4) is 0 Å². The third kappa shape index (κ3) is 5.27. The minimum atomic E-state index is -5.03. The van der Waals surface area contributed by atoms with Crippen LogP contribution < -0.4 is 10.3 Å². The van der Waals surface area contributed by atoms with E-state index in [1.165, 1.54) is 19.2 Å². The molecular weight excluding hydrogens is 508 g/mol. The molecule has 3 rings (SSSR count). The van der Waals surface area contributed by atoms with E-state index in [4.69, 9.17) is 4.74 Å². The van der Waals surface area contributed by atoms with Gasteiger partial charge in [0.2, 0.25) is 5.56 Å². The van der Waals surface area contributed by atoms with E-state index < -0.39 is 35.5 Å². The summed E-state index contributed by atoms with van der Waals surface area (Å²) < 4.78 is 62.1. The fourth-order valence-corrected chi connectivity index (χ4v) is 3.94. The van der Waals surface area contributed by atoms with Crippen LogP contribution in [0.25, 0.3) is 10.9 Å². The summed E-state index contributed by atoms with van der Waals surface area (Å²) in [5, 5.41) is 10.8. The summed E-state index contributed by atoms with van der Waals surface area (Å²) in [5.74, 6) is -1.06. The first-order valence-electron chi connectivity index (χ1n) is 9.98. The lowest BCUT2D eigenvalue weighted by Crippen LogP contribution is -2.47. The molecule has 2 N–H and O–H groups in total. The quantitative estimate of drug-likeness (QED) is 0.291. The van der Waals surface area contributed by atoms with Gasteiger partial charge in [-0.05, 0) is 54.7 Å². The van der Waals surface area contributed by atoms with Crippen molar-refractivity contribution in [2.45, 2.75) is 37.5 Å².